The molecule has 1 N–H and O–H groups in total. The van der Waals surface area contributed by atoms with E-state index >= 15 is 0 Å². The molecule has 1 aliphatic carbocycles. The number of hydrogen-bond donors (Lipinski definition) is 1. The third kappa shape index (κ3) is 4.46. The Bertz CT molecular complexity index is 1090. The number of nitrogens with one attached hydrogen (secondary N) is 1. The van der Waals surface area contributed by atoms with Gasteiger partial charge < -0.3 is 24.3 Å². The Morgan fingerprint density at radius 1 is 1.12 bits per heavy atom. The van der Waals surface area contributed by atoms with E-state index in [0.717, 1.165) is 26.7 Å². The van der Waals surface area contributed by atoms with Crippen molar-refractivity contribution < 1.29 is 23.7 Å². The van der Waals surface area contributed by atoms with Gasteiger partial charge in [-0.15, -0.1) is 11.8 Å². The first-order chi connectivity index (χ1) is 15.4. The summed E-state index contributed by atoms with van der Waals surface area (Å²) in [5, 5.41) is 3.02. The lowest BCUT2D eigenvalue weighted by Gasteiger charge is -2.21. The van der Waals surface area contributed by atoms with Gasteiger partial charge in [0.1, 0.15) is 6.61 Å². The third-order valence-corrected chi connectivity index (χ3v) is 7.03. The fourth-order valence-electron chi connectivity index (χ4n) is 4.06. The van der Waals surface area contributed by atoms with Crippen molar-refractivity contribution in [3.63, 3.8) is 0 Å². The van der Waals surface area contributed by atoms with Gasteiger partial charge in [-0.2, -0.15) is 0 Å². The molecule has 0 fully saturated rings. The number of fused-ring (bicyclic) bond motifs is 3. The number of halogens is 1. The molecule has 9 heteroatoms. The molecule has 7 nitrogen and oxygen atoms in total. The van der Waals surface area contributed by atoms with Crippen LogP contribution in [0.2, 0.25) is 0 Å². The Labute approximate surface area is 199 Å². The second-order valence-corrected chi connectivity index (χ2v) is 8.78. The van der Waals surface area contributed by atoms with Gasteiger partial charge in [0.2, 0.25) is 11.7 Å². The molecular weight excluding hydrogens is 498 g/mol. The van der Waals surface area contributed by atoms with Crippen molar-refractivity contribution in [1.82, 2.24) is 5.32 Å². The summed E-state index contributed by atoms with van der Waals surface area (Å²) in [6.07, 6.45) is 3.04. The smallest absolute Gasteiger partial charge is 0.246 e. The molecule has 0 spiro atoms. The van der Waals surface area contributed by atoms with Crippen LogP contribution in [0.15, 0.2) is 32.4 Å². The standard InChI is InChI=1S/C23H26BrNO6S/c1-28-11-18(27)25-15-8-6-13-19(12-7-9-17(32-5)16(26)10-14(12)15)21(29-2)23(31-4)22(30-3)20(13)24/h7,9-10,15H,6,8,11H2,1-5H3,(H,25,27)/t15-/m0/s1. The summed E-state index contributed by atoms with van der Waals surface area (Å²) in [7, 11) is 6.17. The molecule has 0 heterocycles. The van der Waals surface area contributed by atoms with Gasteiger partial charge in [-0.3, -0.25) is 9.59 Å². The number of amides is 1. The van der Waals surface area contributed by atoms with E-state index in [2.05, 4.69) is 21.2 Å². The van der Waals surface area contributed by atoms with Crippen LogP contribution in [-0.2, 0) is 16.0 Å². The molecule has 0 aromatic heterocycles. The monoisotopic (exact) mass is 523 g/mol. The minimum Gasteiger partial charge on any atom is -0.492 e. The first-order valence-corrected chi connectivity index (χ1v) is 11.9. The van der Waals surface area contributed by atoms with Crippen LogP contribution in [0.3, 0.4) is 0 Å². The van der Waals surface area contributed by atoms with Crippen LogP contribution in [0.25, 0.3) is 11.1 Å². The maximum atomic E-state index is 12.9. The van der Waals surface area contributed by atoms with Gasteiger partial charge >= 0.3 is 0 Å². The van der Waals surface area contributed by atoms with E-state index < -0.39 is 0 Å². The van der Waals surface area contributed by atoms with Gasteiger partial charge in [0.05, 0.1) is 36.7 Å². The molecule has 0 bridgehead atoms. The number of carbonyl (C=O) groups is 1. The fourth-order valence-corrected chi connectivity index (χ4v) is 5.26. The SMILES string of the molecule is COCC(=O)N[C@H]1CCc2c(Br)c(OC)c(OC)c(OC)c2-c2ccc(SC)c(=O)cc21. The summed E-state index contributed by atoms with van der Waals surface area (Å²) < 4.78 is 22.8. The molecule has 1 atom stereocenters. The molecule has 3 rings (SSSR count). The lowest BCUT2D eigenvalue weighted by Crippen LogP contribution is -2.31. The summed E-state index contributed by atoms with van der Waals surface area (Å²) >= 11 is 5.06. The number of ether oxygens (including phenoxy) is 4. The molecule has 2 aromatic carbocycles. The highest BCUT2D eigenvalue weighted by Crippen LogP contribution is 2.54. The topological polar surface area (TPSA) is 83.1 Å². The molecule has 0 aliphatic heterocycles. The Morgan fingerprint density at radius 2 is 1.81 bits per heavy atom. The van der Waals surface area contributed by atoms with Crippen molar-refractivity contribution in [2.45, 2.75) is 23.8 Å². The van der Waals surface area contributed by atoms with Crippen molar-refractivity contribution in [3.8, 4) is 28.4 Å². The maximum Gasteiger partial charge on any atom is 0.246 e. The molecule has 0 saturated heterocycles. The Balaban J connectivity index is 2.39. The van der Waals surface area contributed by atoms with E-state index in [0.29, 0.717) is 35.0 Å². The van der Waals surface area contributed by atoms with Crippen molar-refractivity contribution in [2.24, 2.45) is 0 Å². The highest BCUT2D eigenvalue weighted by atomic mass is 79.9. The van der Waals surface area contributed by atoms with Crippen LogP contribution in [0.5, 0.6) is 17.2 Å². The van der Waals surface area contributed by atoms with Crippen molar-refractivity contribution in [2.75, 3.05) is 41.3 Å². The van der Waals surface area contributed by atoms with Gasteiger partial charge in [-0.1, -0.05) is 6.07 Å². The Morgan fingerprint density at radius 3 is 2.41 bits per heavy atom. The minimum atomic E-state index is -0.386. The van der Waals surface area contributed by atoms with E-state index in [1.807, 2.05) is 12.3 Å². The summed E-state index contributed by atoms with van der Waals surface area (Å²) in [4.78, 5) is 25.9. The quantitative estimate of drug-likeness (QED) is 0.549. The van der Waals surface area contributed by atoms with Gasteiger partial charge in [0.25, 0.3) is 0 Å². The number of thioether (sulfide) groups is 1. The molecule has 1 amide bonds. The van der Waals surface area contributed by atoms with Crippen molar-refractivity contribution in [1.29, 1.82) is 0 Å². The van der Waals surface area contributed by atoms with Crippen LogP contribution >= 0.6 is 27.7 Å². The second kappa shape index (κ2) is 10.6. The number of methoxy groups -OCH3 is 4. The van der Waals surface area contributed by atoms with Crippen LogP contribution in [0.1, 0.15) is 23.6 Å². The zero-order valence-corrected chi connectivity index (χ0v) is 21.1. The zero-order chi connectivity index (χ0) is 23.4. The molecule has 0 saturated carbocycles. The van der Waals surface area contributed by atoms with Crippen LogP contribution in [-0.4, -0.2) is 47.2 Å². The molecule has 0 unspecified atom stereocenters. The predicted octanol–water partition coefficient (Wildman–Crippen LogP) is 3.97. The Kier molecular flexibility index (Phi) is 8.08. The van der Waals surface area contributed by atoms with E-state index in [1.165, 1.54) is 18.9 Å². The molecule has 32 heavy (non-hydrogen) atoms. The van der Waals surface area contributed by atoms with Gasteiger partial charge in [-0.05, 0) is 63.9 Å². The van der Waals surface area contributed by atoms with E-state index in [1.54, 1.807) is 33.5 Å². The lowest BCUT2D eigenvalue weighted by atomic mass is 9.95. The largest absolute Gasteiger partial charge is 0.492 e. The summed E-state index contributed by atoms with van der Waals surface area (Å²) in [6.45, 7) is -0.0628. The van der Waals surface area contributed by atoms with Gasteiger partial charge in [0, 0.05) is 12.7 Å². The molecule has 1 aliphatic rings. The van der Waals surface area contributed by atoms with Crippen LogP contribution in [0, 0.1) is 0 Å². The first-order valence-electron chi connectivity index (χ1n) is 9.92. The number of carbonyl (C=O) groups excluding carboxylic acids is 1. The van der Waals surface area contributed by atoms with E-state index in [9.17, 15) is 9.59 Å². The number of rotatable bonds is 7. The number of benzene rings is 1. The molecular formula is C23H26BrNO6S. The first kappa shape index (κ1) is 24.4. The summed E-state index contributed by atoms with van der Waals surface area (Å²) in [6, 6.07) is 4.93. The van der Waals surface area contributed by atoms with E-state index in [4.69, 9.17) is 18.9 Å². The molecule has 172 valence electrons. The molecule has 2 aromatic rings. The van der Waals surface area contributed by atoms with E-state index in [-0.39, 0.29) is 24.0 Å². The maximum absolute atomic E-state index is 12.9. The average molecular weight is 524 g/mol. The fraction of sp³-hybridized carbons (Fsp3) is 0.391. The average Bonchev–Trinajstić information content (AvgIpc) is 3.03. The van der Waals surface area contributed by atoms with Crippen molar-refractivity contribution in [3.05, 3.63) is 44.0 Å². The summed E-state index contributed by atoms with van der Waals surface area (Å²) in [5.74, 6) is 1.24. The Hall–Kier alpha value is -2.23. The van der Waals surface area contributed by atoms with Gasteiger partial charge in [0.15, 0.2) is 16.9 Å². The molecule has 0 radical (unpaired) electrons. The lowest BCUT2D eigenvalue weighted by molar-refractivity contribution is -0.125. The predicted molar refractivity (Wildman–Crippen MR) is 128 cm³/mol. The minimum absolute atomic E-state index is 0.0628. The highest BCUT2D eigenvalue weighted by molar-refractivity contribution is 9.10. The summed E-state index contributed by atoms with van der Waals surface area (Å²) in [5.41, 5.74) is 3.16. The second-order valence-electron chi connectivity index (χ2n) is 7.14. The third-order valence-electron chi connectivity index (χ3n) is 5.42. The van der Waals surface area contributed by atoms with Crippen LogP contribution in [0.4, 0.5) is 0 Å². The zero-order valence-electron chi connectivity index (χ0n) is 18.7. The highest BCUT2D eigenvalue weighted by Gasteiger charge is 2.32. The van der Waals surface area contributed by atoms with Crippen LogP contribution < -0.4 is 25.0 Å². The van der Waals surface area contributed by atoms with Crippen molar-refractivity contribution >= 4 is 33.6 Å². The normalized spacial score (nSPS) is 14.6. The number of hydrogen-bond acceptors (Lipinski definition) is 7. The van der Waals surface area contributed by atoms with Gasteiger partial charge in [-0.25, -0.2) is 0 Å².